The van der Waals surface area contributed by atoms with E-state index in [1.54, 1.807) is 11.3 Å². The van der Waals surface area contributed by atoms with Gasteiger partial charge in [0.2, 0.25) is 0 Å². The summed E-state index contributed by atoms with van der Waals surface area (Å²) in [4.78, 5) is 0. The predicted octanol–water partition coefficient (Wildman–Crippen LogP) is 9.32. The first-order valence-electron chi connectivity index (χ1n) is 11.2. The zero-order valence-electron chi connectivity index (χ0n) is 19.5. The molecule has 0 saturated heterocycles. The Balaban J connectivity index is 0.000000145. The minimum atomic E-state index is -1.32. The molecule has 34 heavy (non-hydrogen) atoms. The van der Waals surface area contributed by atoms with Crippen LogP contribution in [0.5, 0.6) is 0 Å². The topological polar surface area (TPSA) is 0 Å². The Bertz CT molecular complexity index is 1760. The Kier molecular flexibility index (Phi) is 6.03. The molecule has 0 amide bonds. The molecular formula is C31H24S2Si. The number of terminal acetylenes is 1. The summed E-state index contributed by atoms with van der Waals surface area (Å²) in [6.07, 6.45) is 5.49. The molecule has 6 aromatic rings. The van der Waals surface area contributed by atoms with Crippen molar-refractivity contribution in [3.05, 3.63) is 96.1 Å². The van der Waals surface area contributed by atoms with Crippen molar-refractivity contribution in [2.24, 2.45) is 0 Å². The summed E-state index contributed by atoms with van der Waals surface area (Å²) in [5.41, 5.74) is 5.65. The van der Waals surface area contributed by atoms with Crippen LogP contribution in [0.1, 0.15) is 11.1 Å². The van der Waals surface area contributed by atoms with Crippen molar-refractivity contribution in [2.75, 3.05) is 0 Å². The van der Waals surface area contributed by atoms with E-state index in [1.165, 1.54) is 45.9 Å². The number of thiophene rings is 2. The maximum Gasteiger partial charge on any atom is 0.129 e. The number of benzene rings is 4. The molecule has 0 aliphatic heterocycles. The molecule has 0 fully saturated rings. The molecule has 0 saturated carbocycles. The molecule has 0 N–H and O–H groups in total. The van der Waals surface area contributed by atoms with Crippen molar-refractivity contribution in [3.8, 4) is 23.8 Å². The summed E-state index contributed by atoms with van der Waals surface area (Å²) in [7, 11) is -1.32. The van der Waals surface area contributed by atoms with E-state index in [9.17, 15) is 0 Å². The van der Waals surface area contributed by atoms with Gasteiger partial charge in [-0.05, 0) is 24.3 Å². The summed E-state index contributed by atoms with van der Waals surface area (Å²) in [5, 5.41) is 5.25. The highest BCUT2D eigenvalue weighted by Gasteiger charge is 2.10. The summed E-state index contributed by atoms with van der Waals surface area (Å²) in [5.74, 6) is 6.15. The number of hydrogen-bond donors (Lipinski definition) is 0. The fraction of sp³-hybridized carbons (Fsp3) is 0.0968. The number of hydrogen-bond acceptors (Lipinski definition) is 2. The van der Waals surface area contributed by atoms with Crippen LogP contribution in [0.4, 0.5) is 0 Å². The van der Waals surface area contributed by atoms with Crippen LogP contribution in [0.2, 0.25) is 19.6 Å². The molecule has 0 aliphatic rings. The van der Waals surface area contributed by atoms with Crippen molar-refractivity contribution >= 4 is 71.1 Å². The Hall–Kier alpha value is -3.34. The maximum atomic E-state index is 5.49. The third-order valence-electron chi connectivity index (χ3n) is 5.54. The van der Waals surface area contributed by atoms with Gasteiger partial charge in [-0.15, -0.1) is 34.6 Å². The van der Waals surface area contributed by atoms with E-state index < -0.39 is 8.07 Å². The third kappa shape index (κ3) is 4.39. The van der Waals surface area contributed by atoms with Crippen LogP contribution in [0.15, 0.2) is 84.9 Å². The van der Waals surface area contributed by atoms with E-state index in [-0.39, 0.29) is 0 Å². The molecule has 164 valence electrons. The van der Waals surface area contributed by atoms with Crippen molar-refractivity contribution < 1.29 is 0 Å². The standard InChI is InChI=1S/C17H16SSi.C14H8S/c1-19(2,3)12-11-13-7-6-9-15-14-8-4-5-10-16(14)18-17(13)15;1-2-10-6-5-8-12-11-7-3-4-9-13(11)15-14(10)12/h4-10H,1-3H3;1,3-9H. The van der Waals surface area contributed by atoms with Gasteiger partial charge in [-0.1, -0.05) is 92.1 Å². The van der Waals surface area contributed by atoms with Gasteiger partial charge in [-0.3, -0.25) is 0 Å². The van der Waals surface area contributed by atoms with Gasteiger partial charge in [0.15, 0.2) is 0 Å². The molecule has 0 bridgehead atoms. The van der Waals surface area contributed by atoms with Crippen LogP contribution in [0.3, 0.4) is 0 Å². The lowest BCUT2D eigenvalue weighted by atomic mass is 10.1. The first kappa shape index (κ1) is 22.4. The lowest BCUT2D eigenvalue weighted by Crippen LogP contribution is -2.16. The van der Waals surface area contributed by atoms with Gasteiger partial charge in [0.1, 0.15) is 8.07 Å². The molecule has 3 heteroatoms. The molecule has 0 unspecified atom stereocenters. The highest BCUT2D eigenvalue weighted by atomic mass is 32.1. The smallest absolute Gasteiger partial charge is 0.129 e. The van der Waals surface area contributed by atoms with Gasteiger partial charge in [-0.2, -0.15) is 0 Å². The SMILES string of the molecule is C#Cc1cccc2c1sc1ccccc12.C[Si](C)(C)C#Cc1cccc2c1sc1ccccc12. The van der Waals surface area contributed by atoms with Gasteiger partial charge in [0.05, 0.1) is 9.40 Å². The van der Waals surface area contributed by atoms with Crippen LogP contribution >= 0.6 is 22.7 Å². The van der Waals surface area contributed by atoms with E-state index >= 15 is 0 Å². The second-order valence-corrected chi connectivity index (χ2v) is 16.1. The van der Waals surface area contributed by atoms with Crippen molar-refractivity contribution in [1.82, 2.24) is 0 Å². The van der Waals surface area contributed by atoms with Crippen LogP contribution < -0.4 is 0 Å². The van der Waals surface area contributed by atoms with Crippen molar-refractivity contribution in [2.45, 2.75) is 19.6 Å². The average Bonchev–Trinajstić information content (AvgIpc) is 3.41. The minimum Gasteiger partial charge on any atom is -0.134 e. The second-order valence-electron chi connectivity index (χ2n) is 9.21. The highest BCUT2D eigenvalue weighted by molar-refractivity contribution is 7.26. The Morgan fingerprint density at radius 3 is 1.59 bits per heavy atom. The predicted molar refractivity (Wildman–Crippen MR) is 157 cm³/mol. The third-order valence-corrected chi connectivity index (χ3v) is 8.85. The largest absolute Gasteiger partial charge is 0.134 e. The molecule has 6 rings (SSSR count). The van der Waals surface area contributed by atoms with Gasteiger partial charge >= 0.3 is 0 Å². The molecule has 4 aromatic carbocycles. The Labute approximate surface area is 209 Å². The van der Waals surface area contributed by atoms with Crippen LogP contribution in [0, 0.1) is 23.8 Å². The highest BCUT2D eigenvalue weighted by Crippen LogP contribution is 2.36. The second kappa shape index (κ2) is 9.13. The zero-order chi connectivity index (χ0) is 23.7. The van der Waals surface area contributed by atoms with Gasteiger partial charge < -0.3 is 0 Å². The Morgan fingerprint density at radius 2 is 1.06 bits per heavy atom. The molecular weight excluding hydrogens is 465 g/mol. The van der Waals surface area contributed by atoms with Crippen molar-refractivity contribution in [1.29, 1.82) is 0 Å². The summed E-state index contributed by atoms with van der Waals surface area (Å²) in [6, 6.07) is 29.6. The molecule has 2 aromatic heterocycles. The normalized spacial score (nSPS) is 11.1. The summed E-state index contributed by atoms with van der Waals surface area (Å²) in [6.45, 7) is 6.85. The molecule has 2 heterocycles. The van der Waals surface area contributed by atoms with Gasteiger partial charge in [-0.25, -0.2) is 0 Å². The van der Waals surface area contributed by atoms with E-state index in [0.29, 0.717) is 0 Å². The van der Waals surface area contributed by atoms with Crippen LogP contribution in [0.25, 0.3) is 40.3 Å². The molecule has 0 spiro atoms. The molecule has 0 atom stereocenters. The van der Waals surface area contributed by atoms with E-state index in [4.69, 9.17) is 6.42 Å². The van der Waals surface area contributed by atoms with Gasteiger partial charge in [0, 0.05) is 42.1 Å². The Morgan fingerprint density at radius 1 is 0.588 bits per heavy atom. The fourth-order valence-corrected chi connectivity index (χ4v) is 6.82. The molecule has 0 nitrogen and oxygen atoms in total. The van der Waals surface area contributed by atoms with Crippen molar-refractivity contribution in [3.63, 3.8) is 0 Å². The zero-order valence-corrected chi connectivity index (χ0v) is 22.1. The summed E-state index contributed by atoms with van der Waals surface area (Å²) < 4.78 is 5.20. The van der Waals surface area contributed by atoms with Crippen LogP contribution in [-0.4, -0.2) is 8.07 Å². The van der Waals surface area contributed by atoms with E-state index in [2.05, 4.69) is 110 Å². The molecule has 0 aliphatic carbocycles. The average molecular weight is 489 g/mol. The first-order valence-corrected chi connectivity index (χ1v) is 16.4. The van der Waals surface area contributed by atoms with E-state index in [0.717, 1.165) is 5.56 Å². The number of fused-ring (bicyclic) bond motifs is 6. The minimum absolute atomic E-state index is 0.994. The molecule has 0 radical (unpaired) electrons. The van der Waals surface area contributed by atoms with E-state index in [1.807, 2.05) is 23.5 Å². The number of rotatable bonds is 0. The lowest BCUT2D eigenvalue weighted by molar-refractivity contribution is 1.77. The fourth-order valence-electron chi connectivity index (χ4n) is 3.96. The summed E-state index contributed by atoms with van der Waals surface area (Å²) >= 11 is 3.62. The maximum absolute atomic E-state index is 5.49. The van der Waals surface area contributed by atoms with Crippen LogP contribution in [-0.2, 0) is 0 Å². The quantitative estimate of drug-likeness (QED) is 0.148. The first-order chi connectivity index (χ1) is 16.4. The lowest BCUT2D eigenvalue weighted by Gasteiger charge is -2.03. The monoisotopic (exact) mass is 488 g/mol. The van der Waals surface area contributed by atoms with Gasteiger partial charge in [0.25, 0.3) is 0 Å².